The van der Waals surface area contributed by atoms with Gasteiger partial charge in [0, 0.05) is 15.5 Å². The number of fused-ring (bicyclic) bond motifs is 1. The van der Waals surface area contributed by atoms with E-state index in [1.54, 1.807) is 0 Å². The first-order valence-corrected chi connectivity index (χ1v) is 7.88. The predicted octanol–water partition coefficient (Wildman–Crippen LogP) is 3.80. The van der Waals surface area contributed by atoms with Crippen LogP contribution in [0.4, 0.5) is 5.82 Å². The minimum Gasteiger partial charge on any atom is -0.382 e. The lowest BCUT2D eigenvalue weighted by Gasteiger charge is -2.17. The number of hydrogen-bond acceptors (Lipinski definition) is 3. The highest BCUT2D eigenvalue weighted by molar-refractivity contribution is 14.1. The number of nitrogens with zero attached hydrogens (tertiary/aromatic N) is 3. The highest BCUT2D eigenvalue weighted by atomic mass is 127. The predicted molar refractivity (Wildman–Crippen MR) is 104 cm³/mol. The Morgan fingerprint density at radius 2 is 1.90 bits per heavy atom. The van der Waals surface area contributed by atoms with Crippen LogP contribution in [0.5, 0.6) is 0 Å². The van der Waals surface area contributed by atoms with Crippen molar-refractivity contribution < 1.29 is 0 Å². The quantitative estimate of drug-likeness (QED) is 0.689. The first kappa shape index (κ1) is 20.8. The Morgan fingerprint density at radius 1 is 1.24 bits per heavy atom. The number of anilines is 1. The van der Waals surface area contributed by atoms with Crippen molar-refractivity contribution in [2.75, 3.05) is 25.4 Å². The third-order valence-corrected chi connectivity index (χ3v) is 4.36. The third-order valence-electron chi connectivity index (χ3n) is 3.49. The molecule has 0 aliphatic carbocycles. The molecule has 0 radical (unpaired) electrons. The zero-order valence-corrected chi connectivity index (χ0v) is 16.2. The molecule has 0 aliphatic heterocycles. The average molecular weight is 445 g/mol. The molecule has 1 heterocycles. The van der Waals surface area contributed by atoms with E-state index in [0.29, 0.717) is 5.82 Å². The Bertz CT molecular complexity index is 555. The molecule has 1 aromatic heterocycles. The molecule has 0 atom stereocenters. The summed E-state index contributed by atoms with van der Waals surface area (Å²) in [6.45, 7) is 8.65. The summed E-state index contributed by atoms with van der Waals surface area (Å²) in [7, 11) is 0. The van der Waals surface area contributed by atoms with Crippen LogP contribution in [0.25, 0.3) is 10.9 Å². The number of nitrogen functional groups attached to an aromatic ring is 1. The van der Waals surface area contributed by atoms with Gasteiger partial charge in [0.25, 0.3) is 0 Å². The standard InChI is InChI=1S/C14H21IN4.2ClH/c1-3-18(4-2)9-6-10-19-13-11(14(16)17-19)7-5-8-12(13)15;;/h5,7-8H,3-4,6,9-10H2,1-2H3,(H2,16,17);2*1H. The summed E-state index contributed by atoms with van der Waals surface area (Å²) in [6, 6.07) is 6.17. The van der Waals surface area contributed by atoms with E-state index in [1.165, 1.54) is 9.09 Å². The molecule has 0 saturated heterocycles. The fourth-order valence-corrected chi connectivity index (χ4v) is 3.14. The summed E-state index contributed by atoms with van der Waals surface area (Å²) in [5.41, 5.74) is 7.15. The van der Waals surface area contributed by atoms with Gasteiger partial charge in [-0.25, -0.2) is 0 Å². The van der Waals surface area contributed by atoms with Crippen molar-refractivity contribution >= 4 is 64.1 Å². The minimum atomic E-state index is 0. The fourth-order valence-electron chi connectivity index (χ4n) is 2.36. The lowest BCUT2D eigenvalue weighted by atomic mass is 10.2. The molecule has 21 heavy (non-hydrogen) atoms. The molecule has 7 heteroatoms. The topological polar surface area (TPSA) is 47.1 Å². The van der Waals surface area contributed by atoms with Crippen LogP contribution < -0.4 is 5.73 Å². The van der Waals surface area contributed by atoms with Crippen molar-refractivity contribution in [1.82, 2.24) is 14.7 Å². The smallest absolute Gasteiger partial charge is 0.153 e. The van der Waals surface area contributed by atoms with E-state index in [9.17, 15) is 0 Å². The molecule has 120 valence electrons. The van der Waals surface area contributed by atoms with Crippen molar-refractivity contribution in [3.05, 3.63) is 21.8 Å². The number of benzene rings is 1. The molecule has 0 spiro atoms. The second-order valence-electron chi connectivity index (χ2n) is 4.62. The van der Waals surface area contributed by atoms with Crippen LogP contribution in [0.1, 0.15) is 20.3 Å². The van der Waals surface area contributed by atoms with Gasteiger partial charge in [-0.05, 0) is 60.8 Å². The Hall–Kier alpha value is -0.240. The molecule has 1 aromatic carbocycles. The van der Waals surface area contributed by atoms with E-state index < -0.39 is 0 Å². The molecule has 2 aromatic rings. The van der Waals surface area contributed by atoms with Crippen molar-refractivity contribution in [2.24, 2.45) is 0 Å². The van der Waals surface area contributed by atoms with E-state index in [0.717, 1.165) is 38.0 Å². The first-order valence-electron chi connectivity index (χ1n) is 6.80. The molecule has 0 aliphatic rings. The molecular formula is C14H23Cl2IN4. The maximum atomic E-state index is 5.98. The van der Waals surface area contributed by atoms with E-state index in [4.69, 9.17) is 5.73 Å². The number of nitrogens with two attached hydrogens (primary N) is 1. The van der Waals surface area contributed by atoms with Crippen LogP contribution in [0, 0.1) is 3.57 Å². The summed E-state index contributed by atoms with van der Waals surface area (Å²) in [6.07, 6.45) is 1.10. The normalized spacial score (nSPS) is 10.5. The molecule has 4 nitrogen and oxygen atoms in total. The van der Waals surface area contributed by atoms with Crippen molar-refractivity contribution in [3.8, 4) is 0 Å². The molecular weight excluding hydrogens is 422 g/mol. The number of halogens is 3. The molecule has 0 fully saturated rings. The van der Waals surface area contributed by atoms with Crippen molar-refractivity contribution in [3.63, 3.8) is 0 Å². The maximum Gasteiger partial charge on any atom is 0.153 e. The summed E-state index contributed by atoms with van der Waals surface area (Å²) < 4.78 is 3.26. The Kier molecular flexibility index (Phi) is 9.60. The highest BCUT2D eigenvalue weighted by Crippen LogP contribution is 2.25. The van der Waals surface area contributed by atoms with E-state index >= 15 is 0 Å². The van der Waals surface area contributed by atoms with Crippen LogP contribution in [0.15, 0.2) is 18.2 Å². The van der Waals surface area contributed by atoms with Crippen LogP contribution in [-0.4, -0.2) is 34.3 Å². The van der Waals surface area contributed by atoms with Crippen LogP contribution in [0.3, 0.4) is 0 Å². The zero-order chi connectivity index (χ0) is 13.8. The van der Waals surface area contributed by atoms with Gasteiger partial charge >= 0.3 is 0 Å². The number of aromatic nitrogens is 2. The van der Waals surface area contributed by atoms with E-state index in [1.807, 2.05) is 12.1 Å². The average Bonchev–Trinajstić information content (AvgIpc) is 2.73. The van der Waals surface area contributed by atoms with Crippen LogP contribution in [-0.2, 0) is 6.54 Å². The van der Waals surface area contributed by atoms with Gasteiger partial charge in [0.1, 0.15) is 0 Å². The zero-order valence-electron chi connectivity index (χ0n) is 12.4. The number of rotatable bonds is 6. The monoisotopic (exact) mass is 444 g/mol. The number of aryl methyl sites for hydroxylation is 1. The Morgan fingerprint density at radius 3 is 2.52 bits per heavy atom. The van der Waals surface area contributed by atoms with Crippen molar-refractivity contribution in [2.45, 2.75) is 26.8 Å². The number of para-hydroxylation sites is 1. The lowest BCUT2D eigenvalue weighted by molar-refractivity contribution is 0.292. The summed E-state index contributed by atoms with van der Waals surface area (Å²) in [5.74, 6) is 0.636. The van der Waals surface area contributed by atoms with Gasteiger partial charge in [-0.3, -0.25) is 4.68 Å². The molecule has 0 amide bonds. The SMILES string of the molecule is CCN(CC)CCCn1nc(N)c2cccc(I)c21.Cl.Cl. The second-order valence-corrected chi connectivity index (χ2v) is 5.79. The van der Waals surface area contributed by atoms with Gasteiger partial charge in [-0.2, -0.15) is 5.10 Å². The highest BCUT2D eigenvalue weighted by Gasteiger charge is 2.10. The molecule has 0 unspecified atom stereocenters. The molecule has 0 saturated carbocycles. The third kappa shape index (κ3) is 4.87. The summed E-state index contributed by atoms with van der Waals surface area (Å²) >= 11 is 2.35. The fraction of sp³-hybridized carbons (Fsp3) is 0.500. The first-order chi connectivity index (χ1) is 9.17. The second kappa shape index (κ2) is 9.71. The van der Waals surface area contributed by atoms with E-state index in [-0.39, 0.29) is 24.8 Å². The minimum absolute atomic E-state index is 0. The van der Waals surface area contributed by atoms with Gasteiger partial charge in [-0.1, -0.05) is 19.9 Å². The molecule has 0 bridgehead atoms. The number of hydrogen-bond donors (Lipinski definition) is 1. The van der Waals surface area contributed by atoms with Crippen LogP contribution >= 0.6 is 47.4 Å². The van der Waals surface area contributed by atoms with Gasteiger partial charge in [0.05, 0.1) is 5.52 Å². The Balaban J connectivity index is 0.00000200. The summed E-state index contributed by atoms with van der Waals surface area (Å²) in [4.78, 5) is 2.43. The molecule has 2 rings (SSSR count). The van der Waals surface area contributed by atoms with Crippen molar-refractivity contribution in [1.29, 1.82) is 0 Å². The maximum absolute atomic E-state index is 5.98. The Labute approximate surface area is 152 Å². The van der Waals surface area contributed by atoms with E-state index in [2.05, 4.69) is 57.2 Å². The van der Waals surface area contributed by atoms with Gasteiger partial charge in [0.2, 0.25) is 0 Å². The summed E-state index contributed by atoms with van der Waals surface area (Å²) in [5, 5.41) is 5.53. The molecule has 2 N–H and O–H groups in total. The van der Waals surface area contributed by atoms with Crippen LogP contribution in [0.2, 0.25) is 0 Å². The van der Waals surface area contributed by atoms with Gasteiger partial charge < -0.3 is 10.6 Å². The van der Waals surface area contributed by atoms with Gasteiger partial charge in [0.15, 0.2) is 5.82 Å². The van der Waals surface area contributed by atoms with Gasteiger partial charge in [-0.15, -0.1) is 24.8 Å². The lowest BCUT2D eigenvalue weighted by Crippen LogP contribution is -2.25. The largest absolute Gasteiger partial charge is 0.382 e.